The van der Waals surface area contributed by atoms with Gasteiger partial charge in [-0.3, -0.25) is 0 Å². The highest BCUT2D eigenvalue weighted by atomic mass is 32.1. The quantitative estimate of drug-likeness (QED) is 0.842. The molecule has 0 atom stereocenters. The molecule has 0 saturated heterocycles. The van der Waals surface area contributed by atoms with Gasteiger partial charge in [0.15, 0.2) is 0 Å². The van der Waals surface area contributed by atoms with Crippen molar-refractivity contribution in [3.63, 3.8) is 0 Å². The zero-order chi connectivity index (χ0) is 10.5. The lowest BCUT2D eigenvalue weighted by Gasteiger charge is -2.07. The molecule has 1 aromatic heterocycles. The van der Waals surface area contributed by atoms with E-state index in [1.54, 1.807) is 11.3 Å². The van der Waals surface area contributed by atoms with Crippen LogP contribution >= 0.6 is 11.3 Å². The number of aromatic nitrogens is 1. The van der Waals surface area contributed by atoms with Gasteiger partial charge in [-0.05, 0) is 31.4 Å². The van der Waals surface area contributed by atoms with Gasteiger partial charge >= 0.3 is 0 Å². The minimum absolute atomic E-state index is 0.411. The molecule has 2 aromatic rings. The Bertz CT molecular complexity index is 513. The molecule has 0 radical (unpaired) electrons. The lowest BCUT2D eigenvalue weighted by molar-refractivity contribution is 0.151. The molecular weight excluding hydrogens is 206 g/mol. The Morgan fingerprint density at radius 1 is 1.47 bits per heavy atom. The summed E-state index contributed by atoms with van der Waals surface area (Å²) >= 11 is 1.72. The van der Waals surface area contributed by atoms with E-state index in [-0.39, 0.29) is 0 Å². The summed E-state index contributed by atoms with van der Waals surface area (Å²) in [4.78, 5) is 4.46. The number of rotatable bonds is 2. The van der Waals surface area contributed by atoms with Gasteiger partial charge in [0.25, 0.3) is 0 Å². The van der Waals surface area contributed by atoms with Crippen molar-refractivity contribution in [1.29, 1.82) is 0 Å². The summed E-state index contributed by atoms with van der Waals surface area (Å²) in [5, 5.41) is 11.0. The molecule has 3 rings (SSSR count). The predicted octanol–water partition coefficient (Wildman–Crippen LogP) is 2.67. The van der Waals surface area contributed by atoms with E-state index in [2.05, 4.69) is 11.1 Å². The molecule has 3 heteroatoms. The van der Waals surface area contributed by atoms with Gasteiger partial charge in [0.2, 0.25) is 0 Å². The van der Waals surface area contributed by atoms with Crippen molar-refractivity contribution < 1.29 is 5.11 Å². The maximum atomic E-state index is 9.93. The Morgan fingerprint density at radius 3 is 3.00 bits per heavy atom. The van der Waals surface area contributed by atoms with E-state index >= 15 is 0 Å². The van der Waals surface area contributed by atoms with Gasteiger partial charge in [-0.15, -0.1) is 11.3 Å². The number of thiazole rings is 1. The molecule has 0 bridgehead atoms. The molecule has 2 nitrogen and oxygen atoms in total. The molecule has 0 unspecified atom stereocenters. The average Bonchev–Trinajstić information content (AvgIpc) is 2.76. The fourth-order valence-electron chi connectivity index (χ4n) is 1.93. The first-order valence-electron chi connectivity index (χ1n) is 5.24. The monoisotopic (exact) mass is 219 g/mol. The highest BCUT2D eigenvalue weighted by Crippen LogP contribution is 2.40. The number of aryl methyl sites for hydroxylation is 1. The minimum Gasteiger partial charge on any atom is -0.390 e. The third-order valence-electron chi connectivity index (χ3n) is 2.95. The van der Waals surface area contributed by atoms with Crippen molar-refractivity contribution >= 4 is 21.6 Å². The second-order valence-corrected chi connectivity index (χ2v) is 5.60. The molecule has 1 aromatic carbocycles. The Labute approximate surface area is 92.6 Å². The summed E-state index contributed by atoms with van der Waals surface area (Å²) in [6.07, 6.45) is 2.67. The molecule has 1 aliphatic rings. The molecule has 1 fully saturated rings. The molecule has 1 saturated carbocycles. The van der Waals surface area contributed by atoms with E-state index in [9.17, 15) is 5.11 Å². The lowest BCUT2D eigenvalue weighted by Crippen LogP contribution is -2.10. The van der Waals surface area contributed by atoms with Gasteiger partial charge in [-0.25, -0.2) is 4.98 Å². The van der Waals surface area contributed by atoms with Crippen LogP contribution in [0.1, 0.15) is 23.4 Å². The molecule has 0 aliphatic heterocycles. The normalized spacial score (nSPS) is 18.3. The van der Waals surface area contributed by atoms with Crippen molar-refractivity contribution in [1.82, 2.24) is 4.98 Å². The van der Waals surface area contributed by atoms with E-state index in [1.165, 1.54) is 10.3 Å². The maximum Gasteiger partial charge on any atom is 0.0907 e. The van der Waals surface area contributed by atoms with Crippen LogP contribution in [0.15, 0.2) is 18.2 Å². The van der Waals surface area contributed by atoms with Crippen molar-refractivity contribution in [2.45, 2.75) is 31.8 Å². The van der Waals surface area contributed by atoms with Gasteiger partial charge in [-0.1, -0.05) is 12.1 Å². The Morgan fingerprint density at radius 2 is 2.27 bits per heavy atom. The third kappa shape index (κ3) is 1.66. The first-order valence-corrected chi connectivity index (χ1v) is 6.05. The van der Waals surface area contributed by atoms with Crippen LogP contribution in [0.4, 0.5) is 0 Å². The number of hydrogen-bond donors (Lipinski definition) is 1. The minimum atomic E-state index is -0.411. The number of benzene rings is 1. The van der Waals surface area contributed by atoms with Crippen molar-refractivity contribution in [3.8, 4) is 0 Å². The highest BCUT2D eigenvalue weighted by molar-refractivity contribution is 7.18. The van der Waals surface area contributed by atoms with Crippen molar-refractivity contribution in [3.05, 3.63) is 28.8 Å². The van der Waals surface area contributed by atoms with Crippen LogP contribution in [0.3, 0.4) is 0 Å². The number of nitrogens with zero attached hydrogens (tertiary/aromatic N) is 1. The molecule has 0 amide bonds. The van der Waals surface area contributed by atoms with Gasteiger partial charge in [0, 0.05) is 6.42 Å². The summed E-state index contributed by atoms with van der Waals surface area (Å²) in [6.45, 7) is 2.03. The molecule has 1 aliphatic carbocycles. The Balaban J connectivity index is 2.08. The fourth-order valence-corrected chi connectivity index (χ4v) is 2.86. The SMILES string of the molecule is Cc1nc2cccc(CC3(O)CC3)c2s1. The zero-order valence-electron chi connectivity index (χ0n) is 8.66. The van der Waals surface area contributed by atoms with E-state index in [4.69, 9.17) is 0 Å². The van der Waals surface area contributed by atoms with Crippen molar-refractivity contribution in [2.24, 2.45) is 0 Å². The first-order chi connectivity index (χ1) is 7.16. The number of hydrogen-bond acceptors (Lipinski definition) is 3. The fraction of sp³-hybridized carbons (Fsp3) is 0.417. The van der Waals surface area contributed by atoms with E-state index in [0.717, 1.165) is 29.8 Å². The Kier molecular flexibility index (Phi) is 1.88. The maximum absolute atomic E-state index is 9.93. The van der Waals surface area contributed by atoms with Crippen LogP contribution in [-0.4, -0.2) is 15.7 Å². The van der Waals surface area contributed by atoms with Crippen LogP contribution in [-0.2, 0) is 6.42 Å². The number of aliphatic hydroxyl groups is 1. The summed E-state index contributed by atoms with van der Waals surface area (Å²) in [5.74, 6) is 0. The highest BCUT2D eigenvalue weighted by Gasteiger charge is 2.40. The van der Waals surface area contributed by atoms with Gasteiger partial charge < -0.3 is 5.11 Å². The molecule has 15 heavy (non-hydrogen) atoms. The molecular formula is C12H13NOS. The van der Waals surface area contributed by atoms with Crippen LogP contribution in [0, 0.1) is 6.92 Å². The van der Waals surface area contributed by atoms with E-state index in [1.807, 2.05) is 19.1 Å². The summed E-state index contributed by atoms with van der Waals surface area (Å²) in [5.41, 5.74) is 1.91. The second-order valence-electron chi connectivity index (χ2n) is 4.40. The zero-order valence-corrected chi connectivity index (χ0v) is 9.47. The summed E-state index contributed by atoms with van der Waals surface area (Å²) < 4.78 is 1.25. The third-order valence-corrected chi connectivity index (χ3v) is 4.01. The van der Waals surface area contributed by atoms with Gasteiger partial charge in [0.05, 0.1) is 20.8 Å². The first kappa shape index (κ1) is 9.31. The molecule has 0 spiro atoms. The van der Waals surface area contributed by atoms with Crippen molar-refractivity contribution in [2.75, 3.05) is 0 Å². The van der Waals surface area contributed by atoms with Crippen LogP contribution < -0.4 is 0 Å². The van der Waals surface area contributed by atoms with Gasteiger partial charge in [0.1, 0.15) is 0 Å². The van der Waals surface area contributed by atoms with Crippen LogP contribution in [0.2, 0.25) is 0 Å². The van der Waals surface area contributed by atoms with Gasteiger partial charge in [-0.2, -0.15) is 0 Å². The molecule has 78 valence electrons. The molecule has 1 N–H and O–H groups in total. The van der Waals surface area contributed by atoms with E-state index < -0.39 is 5.60 Å². The standard InChI is InChI=1S/C12H13NOS/c1-8-13-10-4-2-3-9(11(10)15-8)7-12(14)5-6-12/h2-4,14H,5-7H2,1H3. The summed E-state index contributed by atoms with van der Waals surface area (Å²) in [6, 6.07) is 6.18. The largest absolute Gasteiger partial charge is 0.390 e. The van der Waals surface area contributed by atoms with Crippen LogP contribution in [0.25, 0.3) is 10.2 Å². The number of fused-ring (bicyclic) bond motifs is 1. The average molecular weight is 219 g/mol. The molecule has 1 heterocycles. The topological polar surface area (TPSA) is 33.1 Å². The lowest BCUT2D eigenvalue weighted by atomic mass is 10.1. The second kappa shape index (κ2) is 3.03. The smallest absolute Gasteiger partial charge is 0.0907 e. The Hall–Kier alpha value is -0.930. The summed E-state index contributed by atoms with van der Waals surface area (Å²) in [7, 11) is 0. The predicted molar refractivity (Wildman–Crippen MR) is 62.2 cm³/mol. The van der Waals surface area contributed by atoms with E-state index in [0.29, 0.717) is 0 Å². The van der Waals surface area contributed by atoms with Crippen LogP contribution in [0.5, 0.6) is 0 Å².